The quantitative estimate of drug-likeness (QED) is 0.745. The molecule has 0 bridgehead atoms. The largest absolute Gasteiger partial charge is 0.467 e. The number of hydrogen-bond donors (Lipinski definition) is 2. The molecule has 146 valence electrons. The number of furan rings is 1. The van der Waals surface area contributed by atoms with E-state index in [4.69, 9.17) is 4.42 Å². The first-order chi connectivity index (χ1) is 13.0. The van der Waals surface area contributed by atoms with Crippen LogP contribution in [0.5, 0.6) is 0 Å². The summed E-state index contributed by atoms with van der Waals surface area (Å²) in [7, 11) is 0. The number of hydrogen-bond acceptors (Lipinski definition) is 4. The lowest BCUT2D eigenvalue weighted by atomic mass is 9.87. The molecule has 1 amide bonds. The van der Waals surface area contributed by atoms with Crippen LogP contribution in [-0.2, 0) is 13.1 Å². The molecule has 0 aliphatic carbocycles. The number of amides is 1. The molecular weight excluding hydrogens is 340 g/mol. The van der Waals surface area contributed by atoms with Gasteiger partial charge in [-0.15, -0.1) is 0 Å². The van der Waals surface area contributed by atoms with Gasteiger partial charge in [0.15, 0.2) is 0 Å². The maximum Gasteiger partial charge on any atom is 0.251 e. The number of aliphatic hydroxyl groups excluding tert-OH is 1. The van der Waals surface area contributed by atoms with Crippen LogP contribution in [0.2, 0.25) is 0 Å². The molecule has 1 saturated heterocycles. The lowest BCUT2D eigenvalue weighted by molar-refractivity contribution is 0.0409. The van der Waals surface area contributed by atoms with Crippen LogP contribution < -0.4 is 5.32 Å². The molecule has 3 rings (SSSR count). The van der Waals surface area contributed by atoms with E-state index in [2.05, 4.69) is 30.1 Å². The average molecular weight is 370 g/mol. The molecule has 27 heavy (non-hydrogen) atoms. The van der Waals surface area contributed by atoms with E-state index in [1.807, 2.05) is 30.3 Å². The number of rotatable bonds is 8. The van der Waals surface area contributed by atoms with Gasteiger partial charge in [-0.3, -0.25) is 9.69 Å². The van der Waals surface area contributed by atoms with Crippen molar-refractivity contribution in [1.82, 2.24) is 10.2 Å². The van der Waals surface area contributed by atoms with Gasteiger partial charge < -0.3 is 14.8 Å². The fourth-order valence-electron chi connectivity index (χ4n) is 4.19. The van der Waals surface area contributed by atoms with Gasteiger partial charge in [0.05, 0.1) is 19.4 Å². The SMILES string of the molecule is CC(C)C[C@@]1(CO)CCCN1Cc1cccc(C(=O)NCc2ccco2)c1. The van der Waals surface area contributed by atoms with Crippen molar-refractivity contribution in [1.29, 1.82) is 0 Å². The molecule has 5 nitrogen and oxygen atoms in total. The van der Waals surface area contributed by atoms with Crippen molar-refractivity contribution in [2.75, 3.05) is 13.2 Å². The minimum Gasteiger partial charge on any atom is -0.467 e. The Morgan fingerprint density at radius 1 is 1.33 bits per heavy atom. The highest BCUT2D eigenvalue weighted by Crippen LogP contribution is 2.35. The first-order valence-corrected chi connectivity index (χ1v) is 9.78. The third-order valence-electron chi connectivity index (χ3n) is 5.39. The molecule has 1 aliphatic heterocycles. The van der Waals surface area contributed by atoms with E-state index in [-0.39, 0.29) is 18.1 Å². The van der Waals surface area contributed by atoms with Crippen molar-refractivity contribution >= 4 is 5.91 Å². The summed E-state index contributed by atoms with van der Waals surface area (Å²) in [4.78, 5) is 14.8. The fraction of sp³-hybridized carbons (Fsp3) is 0.500. The molecule has 5 heteroatoms. The second-order valence-corrected chi connectivity index (χ2v) is 7.97. The second-order valence-electron chi connectivity index (χ2n) is 7.97. The van der Waals surface area contributed by atoms with Crippen LogP contribution in [0.25, 0.3) is 0 Å². The Labute approximate surface area is 161 Å². The number of carbonyl (C=O) groups excluding carboxylic acids is 1. The molecule has 0 saturated carbocycles. The van der Waals surface area contributed by atoms with E-state index in [0.717, 1.165) is 43.7 Å². The number of carbonyl (C=O) groups is 1. The third kappa shape index (κ3) is 4.79. The molecule has 1 atom stereocenters. The lowest BCUT2D eigenvalue weighted by Crippen LogP contribution is -2.47. The standard InChI is InChI=1S/C22H30N2O3/c1-17(2)13-22(16-25)9-5-10-24(22)15-18-6-3-7-19(12-18)21(26)23-14-20-8-4-11-27-20/h3-4,6-8,11-12,17,25H,5,9-10,13-16H2,1-2H3,(H,23,26)/t22-/m1/s1. The summed E-state index contributed by atoms with van der Waals surface area (Å²) in [5.74, 6) is 1.17. The first-order valence-electron chi connectivity index (χ1n) is 9.78. The number of likely N-dealkylation sites (tertiary alicyclic amines) is 1. The predicted molar refractivity (Wildman–Crippen MR) is 105 cm³/mol. The monoisotopic (exact) mass is 370 g/mol. The van der Waals surface area contributed by atoms with Gasteiger partial charge in [0, 0.05) is 17.6 Å². The van der Waals surface area contributed by atoms with Crippen LogP contribution >= 0.6 is 0 Å². The third-order valence-corrected chi connectivity index (χ3v) is 5.39. The van der Waals surface area contributed by atoms with E-state index in [1.54, 1.807) is 6.26 Å². The van der Waals surface area contributed by atoms with Crippen LogP contribution in [0.4, 0.5) is 0 Å². The lowest BCUT2D eigenvalue weighted by Gasteiger charge is -2.38. The number of aliphatic hydroxyl groups is 1. The van der Waals surface area contributed by atoms with Gasteiger partial charge in [0.2, 0.25) is 0 Å². The molecule has 0 spiro atoms. The first kappa shape index (κ1) is 19.6. The van der Waals surface area contributed by atoms with Crippen molar-refractivity contribution in [2.24, 2.45) is 5.92 Å². The Morgan fingerprint density at radius 3 is 2.89 bits per heavy atom. The van der Waals surface area contributed by atoms with Gasteiger partial charge in [-0.25, -0.2) is 0 Å². The van der Waals surface area contributed by atoms with Crippen LogP contribution in [0.15, 0.2) is 47.1 Å². The Bertz CT molecular complexity index is 742. The van der Waals surface area contributed by atoms with Crippen molar-refractivity contribution in [3.63, 3.8) is 0 Å². The van der Waals surface area contributed by atoms with E-state index in [9.17, 15) is 9.90 Å². The van der Waals surface area contributed by atoms with Crippen molar-refractivity contribution in [2.45, 2.75) is 51.7 Å². The van der Waals surface area contributed by atoms with E-state index >= 15 is 0 Å². The number of benzene rings is 1. The molecule has 1 aliphatic rings. The zero-order chi connectivity index (χ0) is 19.3. The highest BCUT2D eigenvalue weighted by Gasteiger charge is 2.40. The summed E-state index contributed by atoms with van der Waals surface area (Å²) in [6.45, 7) is 6.73. The summed E-state index contributed by atoms with van der Waals surface area (Å²) in [5.41, 5.74) is 1.62. The molecule has 2 N–H and O–H groups in total. The minimum absolute atomic E-state index is 0.106. The molecular formula is C22H30N2O3. The Morgan fingerprint density at radius 2 is 2.19 bits per heavy atom. The average Bonchev–Trinajstić information content (AvgIpc) is 3.30. The van der Waals surface area contributed by atoms with E-state index in [0.29, 0.717) is 18.0 Å². The highest BCUT2D eigenvalue weighted by atomic mass is 16.3. The van der Waals surface area contributed by atoms with Gasteiger partial charge in [-0.05, 0) is 61.6 Å². The van der Waals surface area contributed by atoms with Crippen LogP contribution in [-0.4, -0.2) is 34.6 Å². The topological polar surface area (TPSA) is 65.7 Å². The molecule has 2 heterocycles. The smallest absolute Gasteiger partial charge is 0.251 e. The number of nitrogens with one attached hydrogen (secondary N) is 1. The van der Waals surface area contributed by atoms with E-state index in [1.165, 1.54) is 0 Å². The van der Waals surface area contributed by atoms with Gasteiger partial charge >= 0.3 is 0 Å². The van der Waals surface area contributed by atoms with Gasteiger partial charge in [-0.2, -0.15) is 0 Å². The summed E-state index contributed by atoms with van der Waals surface area (Å²) in [6, 6.07) is 11.4. The zero-order valence-electron chi connectivity index (χ0n) is 16.3. The van der Waals surface area contributed by atoms with Crippen LogP contribution in [0.1, 0.15) is 54.8 Å². The normalized spacial score (nSPS) is 20.3. The summed E-state index contributed by atoms with van der Waals surface area (Å²) in [5, 5.41) is 13.0. The van der Waals surface area contributed by atoms with Crippen molar-refractivity contribution in [3.05, 3.63) is 59.5 Å². The molecule has 0 radical (unpaired) electrons. The van der Waals surface area contributed by atoms with Gasteiger partial charge in [-0.1, -0.05) is 26.0 Å². The number of nitrogens with zero attached hydrogens (tertiary/aromatic N) is 1. The Kier molecular flexibility index (Phi) is 6.34. The fourth-order valence-corrected chi connectivity index (χ4v) is 4.19. The van der Waals surface area contributed by atoms with Crippen LogP contribution in [0, 0.1) is 5.92 Å². The summed E-state index contributed by atoms with van der Waals surface area (Å²) in [6.07, 6.45) is 4.73. The summed E-state index contributed by atoms with van der Waals surface area (Å²) >= 11 is 0. The minimum atomic E-state index is -0.133. The Hall–Kier alpha value is -2.11. The van der Waals surface area contributed by atoms with Crippen molar-refractivity contribution < 1.29 is 14.3 Å². The van der Waals surface area contributed by atoms with Crippen molar-refractivity contribution in [3.8, 4) is 0 Å². The second kappa shape index (κ2) is 8.72. The highest BCUT2D eigenvalue weighted by molar-refractivity contribution is 5.94. The van der Waals surface area contributed by atoms with E-state index < -0.39 is 0 Å². The molecule has 2 aromatic rings. The molecule has 1 fully saturated rings. The predicted octanol–water partition coefficient (Wildman–Crippen LogP) is 3.58. The Balaban J connectivity index is 1.67. The maximum atomic E-state index is 12.5. The van der Waals surface area contributed by atoms with Gasteiger partial charge in [0.25, 0.3) is 5.91 Å². The van der Waals surface area contributed by atoms with Crippen LogP contribution in [0.3, 0.4) is 0 Å². The molecule has 1 aromatic carbocycles. The van der Waals surface area contributed by atoms with Gasteiger partial charge in [0.1, 0.15) is 5.76 Å². The summed E-state index contributed by atoms with van der Waals surface area (Å²) < 4.78 is 5.25. The maximum absolute atomic E-state index is 12.5. The molecule has 0 unspecified atom stereocenters. The zero-order valence-corrected chi connectivity index (χ0v) is 16.3. The molecule has 1 aromatic heterocycles.